The van der Waals surface area contributed by atoms with Crippen LogP contribution in [0.25, 0.3) is 5.69 Å². The van der Waals surface area contributed by atoms with Gasteiger partial charge in [-0.2, -0.15) is 5.10 Å². The average Bonchev–Trinajstić information content (AvgIpc) is 3.10. The molecule has 1 N–H and O–H groups in total. The van der Waals surface area contributed by atoms with Crippen LogP contribution < -0.4 is 5.32 Å². The zero-order valence-corrected chi connectivity index (χ0v) is 14.4. The number of aromatic nitrogens is 2. The predicted molar refractivity (Wildman–Crippen MR) is 96.0 cm³/mol. The van der Waals surface area contributed by atoms with Crippen molar-refractivity contribution in [3.8, 4) is 5.69 Å². The van der Waals surface area contributed by atoms with E-state index in [1.165, 1.54) is 5.57 Å². The molecule has 1 unspecified atom stereocenters. The molecule has 124 valence electrons. The summed E-state index contributed by atoms with van der Waals surface area (Å²) in [5, 5.41) is 7.31. The van der Waals surface area contributed by atoms with E-state index in [0.29, 0.717) is 11.5 Å². The Balaban J connectivity index is 1.80. The van der Waals surface area contributed by atoms with Crippen LogP contribution in [0.3, 0.4) is 0 Å². The van der Waals surface area contributed by atoms with E-state index in [9.17, 15) is 4.79 Å². The summed E-state index contributed by atoms with van der Waals surface area (Å²) in [6, 6.07) is 7.65. The Labute approximate surface area is 142 Å². The van der Waals surface area contributed by atoms with Gasteiger partial charge in [0.05, 0.1) is 5.69 Å². The van der Waals surface area contributed by atoms with E-state index in [2.05, 4.69) is 36.4 Å². The Morgan fingerprint density at radius 3 is 2.92 bits per heavy atom. The Morgan fingerprint density at radius 2 is 2.25 bits per heavy atom. The number of hydrogen-bond acceptors (Lipinski definition) is 2. The van der Waals surface area contributed by atoms with Crippen LogP contribution in [0.1, 0.15) is 42.6 Å². The van der Waals surface area contributed by atoms with E-state index in [-0.39, 0.29) is 5.91 Å². The van der Waals surface area contributed by atoms with Crippen molar-refractivity contribution < 1.29 is 4.79 Å². The van der Waals surface area contributed by atoms with Gasteiger partial charge in [-0.05, 0) is 61.1 Å². The SMILES string of the molecule is CCC1=CC(C)CC=C1NC(=O)c1ccc(-n2cccn2)cc1C. The van der Waals surface area contributed by atoms with Crippen molar-refractivity contribution in [1.82, 2.24) is 15.1 Å². The summed E-state index contributed by atoms with van der Waals surface area (Å²) >= 11 is 0. The molecule has 0 aliphatic heterocycles. The lowest BCUT2D eigenvalue weighted by Gasteiger charge is -2.20. The maximum absolute atomic E-state index is 12.7. The molecule has 1 amide bonds. The van der Waals surface area contributed by atoms with Crippen LogP contribution in [0, 0.1) is 12.8 Å². The summed E-state index contributed by atoms with van der Waals surface area (Å²) in [5.41, 5.74) is 4.76. The summed E-state index contributed by atoms with van der Waals surface area (Å²) in [7, 11) is 0. The number of carbonyl (C=O) groups is 1. The van der Waals surface area contributed by atoms with Gasteiger partial charge in [0.25, 0.3) is 5.91 Å². The molecule has 0 radical (unpaired) electrons. The van der Waals surface area contributed by atoms with Gasteiger partial charge in [0, 0.05) is 23.7 Å². The van der Waals surface area contributed by atoms with Crippen molar-refractivity contribution in [2.24, 2.45) is 5.92 Å². The van der Waals surface area contributed by atoms with Gasteiger partial charge < -0.3 is 5.32 Å². The van der Waals surface area contributed by atoms with E-state index >= 15 is 0 Å². The van der Waals surface area contributed by atoms with Gasteiger partial charge >= 0.3 is 0 Å². The number of amides is 1. The zero-order valence-electron chi connectivity index (χ0n) is 14.4. The Hall–Kier alpha value is -2.62. The monoisotopic (exact) mass is 321 g/mol. The van der Waals surface area contributed by atoms with Crippen molar-refractivity contribution in [3.05, 3.63) is 71.2 Å². The van der Waals surface area contributed by atoms with E-state index < -0.39 is 0 Å². The van der Waals surface area contributed by atoms with Crippen molar-refractivity contribution in [2.75, 3.05) is 0 Å². The number of hydrogen-bond donors (Lipinski definition) is 1. The minimum absolute atomic E-state index is 0.0559. The maximum atomic E-state index is 12.7. The van der Waals surface area contributed by atoms with Gasteiger partial charge in [0.2, 0.25) is 0 Å². The highest BCUT2D eigenvalue weighted by atomic mass is 16.1. The minimum atomic E-state index is -0.0559. The molecule has 0 saturated carbocycles. The summed E-state index contributed by atoms with van der Waals surface area (Å²) < 4.78 is 1.79. The first-order valence-electron chi connectivity index (χ1n) is 8.41. The van der Waals surface area contributed by atoms with Crippen molar-refractivity contribution >= 4 is 5.91 Å². The van der Waals surface area contributed by atoms with Gasteiger partial charge in [-0.3, -0.25) is 4.79 Å². The average molecular weight is 321 g/mol. The molecule has 0 bridgehead atoms. The fourth-order valence-corrected chi connectivity index (χ4v) is 3.03. The third-order valence-corrected chi connectivity index (χ3v) is 4.38. The molecule has 24 heavy (non-hydrogen) atoms. The molecule has 0 saturated heterocycles. The van der Waals surface area contributed by atoms with E-state index in [1.807, 2.05) is 37.4 Å². The van der Waals surface area contributed by atoms with Crippen molar-refractivity contribution in [2.45, 2.75) is 33.6 Å². The number of rotatable bonds is 4. The topological polar surface area (TPSA) is 46.9 Å². The molecule has 1 aromatic carbocycles. The van der Waals surface area contributed by atoms with Crippen LogP contribution in [0.2, 0.25) is 0 Å². The molecular weight excluding hydrogens is 298 g/mol. The minimum Gasteiger partial charge on any atom is -0.322 e. The lowest BCUT2D eigenvalue weighted by molar-refractivity contribution is 0.0965. The molecular formula is C20H23N3O. The second-order valence-corrected chi connectivity index (χ2v) is 6.28. The van der Waals surface area contributed by atoms with Crippen LogP contribution in [-0.4, -0.2) is 15.7 Å². The number of nitrogens with one attached hydrogen (secondary N) is 1. The number of carbonyl (C=O) groups excluding carboxylic acids is 1. The quantitative estimate of drug-likeness (QED) is 0.918. The fourth-order valence-electron chi connectivity index (χ4n) is 3.03. The lowest BCUT2D eigenvalue weighted by atomic mass is 9.93. The summed E-state index contributed by atoms with van der Waals surface area (Å²) in [4.78, 5) is 12.7. The predicted octanol–water partition coefficient (Wildman–Crippen LogP) is 4.17. The molecule has 1 atom stereocenters. The molecule has 1 aromatic heterocycles. The van der Waals surface area contributed by atoms with E-state index in [4.69, 9.17) is 0 Å². The number of benzene rings is 1. The van der Waals surface area contributed by atoms with Crippen molar-refractivity contribution in [1.29, 1.82) is 0 Å². The fraction of sp³-hybridized carbons (Fsp3) is 0.300. The Morgan fingerprint density at radius 1 is 1.42 bits per heavy atom. The first kappa shape index (κ1) is 16.2. The molecule has 1 aliphatic carbocycles. The van der Waals surface area contributed by atoms with E-state index in [1.54, 1.807) is 10.9 Å². The number of nitrogens with zero attached hydrogens (tertiary/aromatic N) is 2. The normalized spacial score (nSPS) is 17.2. The first-order valence-corrected chi connectivity index (χ1v) is 8.41. The van der Waals surface area contributed by atoms with Gasteiger partial charge in [0.15, 0.2) is 0 Å². The summed E-state index contributed by atoms with van der Waals surface area (Å²) in [5.74, 6) is 0.482. The van der Waals surface area contributed by atoms with Gasteiger partial charge in [-0.15, -0.1) is 0 Å². The van der Waals surface area contributed by atoms with Gasteiger partial charge in [-0.25, -0.2) is 4.68 Å². The highest BCUT2D eigenvalue weighted by Crippen LogP contribution is 2.24. The highest BCUT2D eigenvalue weighted by molar-refractivity contribution is 5.97. The standard InChI is InChI=1S/C20H23N3O/c1-4-16-12-14(2)6-9-19(16)22-20(24)18-8-7-17(13-15(18)3)23-11-5-10-21-23/h5,7-14H,4,6H2,1-3H3,(H,22,24). The molecule has 4 nitrogen and oxygen atoms in total. The Bertz CT molecular complexity index is 800. The third kappa shape index (κ3) is 3.32. The molecule has 0 fully saturated rings. The molecule has 1 heterocycles. The lowest BCUT2D eigenvalue weighted by Crippen LogP contribution is -2.26. The van der Waals surface area contributed by atoms with Crippen LogP contribution >= 0.6 is 0 Å². The maximum Gasteiger partial charge on any atom is 0.255 e. The van der Waals surface area contributed by atoms with Gasteiger partial charge in [-0.1, -0.05) is 26.0 Å². The Kier molecular flexibility index (Phi) is 4.65. The number of allylic oxidation sites excluding steroid dienone is 3. The molecule has 3 rings (SSSR count). The zero-order chi connectivity index (χ0) is 17.1. The highest BCUT2D eigenvalue weighted by Gasteiger charge is 2.16. The second-order valence-electron chi connectivity index (χ2n) is 6.28. The smallest absolute Gasteiger partial charge is 0.255 e. The van der Waals surface area contributed by atoms with Crippen LogP contribution in [0.5, 0.6) is 0 Å². The van der Waals surface area contributed by atoms with Crippen LogP contribution in [0.15, 0.2) is 60.1 Å². The van der Waals surface area contributed by atoms with Gasteiger partial charge in [0.1, 0.15) is 0 Å². The van der Waals surface area contributed by atoms with E-state index in [0.717, 1.165) is 29.8 Å². The summed E-state index contributed by atoms with van der Waals surface area (Å²) in [6.07, 6.45) is 9.91. The first-order chi connectivity index (χ1) is 11.6. The second kappa shape index (κ2) is 6.87. The summed E-state index contributed by atoms with van der Waals surface area (Å²) in [6.45, 7) is 6.27. The van der Waals surface area contributed by atoms with Crippen molar-refractivity contribution in [3.63, 3.8) is 0 Å². The van der Waals surface area contributed by atoms with Crippen LogP contribution in [-0.2, 0) is 0 Å². The van der Waals surface area contributed by atoms with Crippen LogP contribution in [0.4, 0.5) is 0 Å². The molecule has 1 aliphatic rings. The third-order valence-electron chi connectivity index (χ3n) is 4.38. The largest absolute Gasteiger partial charge is 0.322 e. The molecule has 4 heteroatoms. The molecule has 0 spiro atoms. The number of aryl methyl sites for hydroxylation is 1. The molecule has 2 aromatic rings.